The molecule has 3 nitrogen and oxygen atoms in total. The standard InChI is InChI=1S/C14H35N2OSi2/c1-18(17-19(2,3)4)13-11-9-7-5-6-8-10-12-14(15)16/h14H,5-13,15-16H2,1-4H3. The molecule has 0 fully saturated rings. The maximum Gasteiger partial charge on any atom is 0.194 e. The van der Waals surface area contributed by atoms with E-state index in [2.05, 4.69) is 26.2 Å². The third-order valence-electron chi connectivity index (χ3n) is 3.05. The van der Waals surface area contributed by atoms with Crippen LogP contribution in [0.5, 0.6) is 0 Å². The van der Waals surface area contributed by atoms with Crippen LogP contribution in [0.4, 0.5) is 0 Å². The molecule has 1 radical (unpaired) electrons. The first-order chi connectivity index (χ1) is 8.81. The summed E-state index contributed by atoms with van der Waals surface area (Å²) in [5.74, 6) is 0. The minimum Gasteiger partial charge on any atom is -0.456 e. The summed E-state index contributed by atoms with van der Waals surface area (Å²) in [4.78, 5) is 0. The second-order valence-electron chi connectivity index (χ2n) is 6.59. The molecule has 0 aromatic rings. The molecule has 0 aromatic carbocycles. The first kappa shape index (κ1) is 19.3. The van der Waals surface area contributed by atoms with Gasteiger partial charge in [-0.25, -0.2) is 0 Å². The van der Waals surface area contributed by atoms with Gasteiger partial charge in [-0.3, -0.25) is 0 Å². The largest absolute Gasteiger partial charge is 0.456 e. The summed E-state index contributed by atoms with van der Waals surface area (Å²) in [6, 6.07) is 1.32. The smallest absolute Gasteiger partial charge is 0.194 e. The van der Waals surface area contributed by atoms with Gasteiger partial charge in [0.25, 0.3) is 0 Å². The number of rotatable bonds is 12. The maximum atomic E-state index is 6.14. The van der Waals surface area contributed by atoms with E-state index < -0.39 is 17.4 Å². The average molecular weight is 304 g/mol. The van der Waals surface area contributed by atoms with Crippen molar-refractivity contribution >= 4 is 17.4 Å². The molecule has 0 aliphatic rings. The van der Waals surface area contributed by atoms with Crippen molar-refractivity contribution in [3.8, 4) is 0 Å². The van der Waals surface area contributed by atoms with Crippen LogP contribution in [0, 0.1) is 0 Å². The van der Waals surface area contributed by atoms with Gasteiger partial charge in [0.15, 0.2) is 17.4 Å². The highest BCUT2D eigenvalue weighted by Gasteiger charge is 2.18. The van der Waals surface area contributed by atoms with E-state index in [1.807, 2.05) is 0 Å². The predicted molar refractivity (Wildman–Crippen MR) is 90.0 cm³/mol. The van der Waals surface area contributed by atoms with E-state index in [1.165, 1.54) is 51.0 Å². The normalized spacial score (nSPS) is 12.6. The van der Waals surface area contributed by atoms with Crippen molar-refractivity contribution < 1.29 is 4.12 Å². The van der Waals surface area contributed by atoms with E-state index in [1.54, 1.807) is 0 Å². The fourth-order valence-corrected chi connectivity index (χ4v) is 7.55. The summed E-state index contributed by atoms with van der Waals surface area (Å²) in [5.41, 5.74) is 11.0. The number of nitrogens with two attached hydrogens (primary N) is 2. The van der Waals surface area contributed by atoms with Crippen molar-refractivity contribution in [3.63, 3.8) is 0 Å². The topological polar surface area (TPSA) is 61.3 Å². The Morgan fingerprint density at radius 3 is 1.84 bits per heavy atom. The van der Waals surface area contributed by atoms with Crippen LogP contribution < -0.4 is 11.5 Å². The third-order valence-corrected chi connectivity index (χ3v) is 7.95. The summed E-state index contributed by atoms with van der Waals surface area (Å²) in [5, 5.41) is 0. The van der Waals surface area contributed by atoms with E-state index in [4.69, 9.17) is 15.6 Å². The summed E-state index contributed by atoms with van der Waals surface area (Å²) < 4.78 is 6.14. The van der Waals surface area contributed by atoms with E-state index in [0.29, 0.717) is 0 Å². The second kappa shape index (κ2) is 11.0. The Labute approximate surface area is 123 Å². The number of hydrogen-bond acceptors (Lipinski definition) is 3. The van der Waals surface area contributed by atoms with Gasteiger partial charge >= 0.3 is 0 Å². The molecule has 0 rings (SSSR count). The molecule has 5 heteroatoms. The Morgan fingerprint density at radius 1 is 0.895 bits per heavy atom. The Kier molecular flexibility index (Phi) is 11.2. The molecule has 115 valence electrons. The molecule has 0 heterocycles. The molecule has 0 aliphatic heterocycles. The van der Waals surface area contributed by atoms with Crippen molar-refractivity contribution in [1.82, 2.24) is 0 Å². The molecule has 0 spiro atoms. The van der Waals surface area contributed by atoms with Gasteiger partial charge in [0, 0.05) is 0 Å². The second-order valence-corrected chi connectivity index (χ2v) is 13.5. The third kappa shape index (κ3) is 16.3. The van der Waals surface area contributed by atoms with E-state index in [9.17, 15) is 0 Å². The minimum atomic E-state index is -1.30. The minimum absolute atomic E-state index is 0.114. The Hall–Kier alpha value is 0.314. The SMILES string of the molecule is C[Si](CCCCCCCCCC(N)N)O[Si](C)(C)C. The fraction of sp³-hybridized carbons (Fsp3) is 1.00. The van der Waals surface area contributed by atoms with Gasteiger partial charge in [-0.1, -0.05) is 44.9 Å². The average Bonchev–Trinajstić information content (AvgIpc) is 2.24. The molecule has 0 aromatic heterocycles. The van der Waals surface area contributed by atoms with Crippen LogP contribution >= 0.6 is 0 Å². The van der Waals surface area contributed by atoms with Gasteiger partial charge in [0.05, 0.1) is 6.17 Å². The Balaban J connectivity index is 3.23. The van der Waals surface area contributed by atoms with Crippen molar-refractivity contribution in [2.24, 2.45) is 11.5 Å². The van der Waals surface area contributed by atoms with Gasteiger partial charge < -0.3 is 15.6 Å². The molecule has 0 atom stereocenters. The molecule has 0 amide bonds. The molecular weight excluding hydrogens is 268 g/mol. The molecule has 0 unspecified atom stereocenters. The lowest BCUT2D eigenvalue weighted by molar-refractivity contribution is 0.533. The molecule has 4 N–H and O–H groups in total. The highest BCUT2D eigenvalue weighted by Crippen LogP contribution is 2.13. The van der Waals surface area contributed by atoms with Crippen LogP contribution in [-0.4, -0.2) is 23.5 Å². The summed E-state index contributed by atoms with van der Waals surface area (Å²) in [6.07, 6.45) is 10.1. The summed E-state index contributed by atoms with van der Waals surface area (Å²) in [7, 11) is -1.82. The predicted octanol–water partition coefficient (Wildman–Crippen LogP) is 3.82. The molecular formula is C14H35N2OSi2. The van der Waals surface area contributed by atoms with Gasteiger partial charge in [-0.05, 0) is 38.7 Å². The van der Waals surface area contributed by atoms with Gasteiger partial charge in [0.2, 0.25) is 0 Å². The zero-order valence-corrected chi connectivity index (χ0v) is 15.5. The maximum absolute atomic E-state index is 6.14. The first-order valence-electron chi connectivity index (χ1n) is 7.84. The number of hydrogen-bond donors (Lipinski definition) is 2. The fourth-order valence-electron chi connectivity index (χ4n) is 2.21. The molecule has 19 heavy (non-hydrogen) atoms. The lowest BCUT2D eigenvalue weighted by atomic mass is 10.1. The van der Waals surface area contributed by atoms with E-state index >= 15 is 0 Å². The lowest BCUT2D eigenvalue weighted by Gasteiger charge is -2.22. The van der Waals surface area contributed by atoms with Gasteiger partial charge in [0.1, 0.15) is 0 Å². The molecule has 0 saturated carbocycles. The van der Waals surface area contributed by atoms with E-state index in [-0.39, 0.29) is 6.17 Å². The van der Waals surface area contributed by atoms with Gasteiger partial charge in [-0.2, -0.15) is 0 Å². The van der Waals surface area contributed by atoms with Crippen molar-refractivity contribution in [3.05, 3.63) is 0 Å². The van der Waals surface area contributed by atoms with Gasteiger partial charge in [-0.15, -0.1) is 0 Å². The lowest BCUT2D eigenvalue weighted by Crippen LogP contribution is -2.32. The van der Waals surface area contributed by atoms with Crippen LogP contribution in [-0.2, 0) is 4.12 Å². The molecule has 0 bridgehead atoms. The van der Waals surface area contributed by atoms with Crippen LogP contribution in [0.25, 0.3) is 0 Å². The number of unbranched alkanes of at least 4 members (excludes halogenated alkanes) is 6. The molecule has 0 saturated heterocycles. The van der Waals surface area contributed by atoms with Crippen molar-refractivity contribution in [2.75, 3.05) is 0 Å². The monoisotopic (exact) mass is 303 g/mol. The highest BCUT2D eigenvalue weighted by molar-refractivity contribution is 6.77. The Bertz CT molecular complexity index is 208. The van der Waals surface area contributed by atoms with Crippen LogP contribution in [0.1, 0.15) is 51.4 Å². The van der Waals surface area contributed by atoms with E-state index in [0.717, 1.165) is 6.42 Å². The summed E-state index contributed by atoms with van der Waals surface area (Å²) >= 11 is 0. The first-order valence-corrected chi connectivity index (χ1v) is 13.4. The highest BCUT2D eigenvalue weighted by atomic mass is 28.4. The Morgan fingerprint density at radius 2 is 1.37 bits per heavy atom. The quantitative estimate of drug-likeness (QED) is 0.327. The summed E-state index contributed by atoms with van der Waals surface area (Å²) in [6.45, 7) is 9.18. The van der Waals surface area contributed by atoms with Crippen LogP contribution in [0.2, 0.25) is 32.2 Å². The van der Waals surface area contributed by atoms with Crippen LogP contribution in [0.15, 0.2) is 0 Å². The zero-order valence-electron chi connectivity index (χ0n) is 13.5. The van der Waals surface area contributed by atoms with Crippen molar-refractivity contribution in [2.45, 2.75) is 89.8 Å². The van der Waals surface area contributed by atoms with Crippen LogP contribution in [0.3, 0.4) is 0 Å². The van der Waals surface area contributed by atoms with Crippen molar-refractivity contribution in [1.29, 1.82) is 0 Å². The molecule has 0 aliphatic carbocycles. The zero-order chi connectivity index (χ0) is 14.7.